The van der Waals surface area contributed by atoms with Gasteiger partial charge in [-0.1, -0.05) is 11.6 Å². The first-order chi connectivity index (χ1) is 8.16. The average Bonchev–Trinajstić information content (AvgIpc) is 2.31. The molecule has 1 aromatic carbocycles. The van der Waals surface area contributed by atoms with Gasteiger partial charge in [0, 0.05) is 31.7 Å². The van der Waals surface area contributed by atoms with Gasteiger partial charge in [0.05, 0.1) is 24.4 Å². The Kier molecular flexibility index (Phi) is 2.88. The van der Waals surface area contributed by atoms with Crippen molar-refractivity contribution in [2.24, 2.45) is 0 Å². The molecule has 0 unspecified atom stereocenters. The van der Waals surface area contributed by atoms with Crippen LogP contribution in [0.4, 0.5) is 5.69 Å². The van der Waals surface area contributed by atoms with Crippen molar-refractivity contribution in [3.63, 3.8) is 0 Å². The van der Waals surface area contributed by atoms with Crippen LogP contribution in [0.15, 0.2) is 12.1 Å². The number of nitrogens with two attached hydrogens (primary N) is 1. The van der Waals surface area contributed by atoms with Gasteiger partial charge in [0.2, 0.25) is 0 Å². The van der Waals surface area contributed by atoms with Gasteiger partial charge in [0.15, 0.2) is 0 Å². The predicted octanol–water partition coefficient (Wildman–Crippen LogP) is 3.15. The summed E-state index contributed by atoms with van der Waals surface area (Å²) in [5, 5.41) is 1.61. The van der Waals surface area contributed by atoms with E-state index < -0.39 is 0 Å². The SMILES string of the molecule is Nc1c2c(nc3c(I)cc(Cl)cc13)CCOC2. The number of halogens is 2. The molecule has 5 heteroatoms. The van der Waals surface area contributed by atoms with E-state index in [1.54, 1.807) is 0 Å². The Morgan fingerprint density at radius 1 is 1.41 bits per heavy atom. The van der Waals surface area contributed by atoms with E-state index in [0.29, 0.717) is 11.6 Å². The smallest absolute Gasteiger partial charge is 0.0860 e. The molecule has 0 amide bonds. The molecule has 0 saturated heterocycles. The molecule has 0 atom stereocenters. The molecule has 0 radical (unpaired) electrons. The minimum Gasteiger partial charge on any atom is -0.398 e. The maximum absolute atomic E-state index is 6.20. The highest BCUT2D eigenvalue weighted by molar-refractivity contribution is 14.1. The van der Waals surface area contributed by atoms with Crippen LogP contribution in [0.5, 0.6) is 0 Å². The second-order valence-corrected chi connectivity index (χ2v) is 5.64. The van der Waals surface area contributed by atoms with Crippen LogP contribution in [0, 0.1) is 3.57 Å². The minimum absolute atomic E-state index is 0.549. The largest absolute Gasteiger partial charge is 0.398 e. The average molecular weight is 361 g/mol. The molecule has 0 fully saturated rings. The maximum atomic E-state index is 6.20. The molecule has 2 heterocycles. The van der Waals surface area contributed by atoms with Gasteiger partial charge in [-0.2, -0.15) is 0 Å². The van der Waals surface area contributed by atoms with Gasteiger partial charge in [0.25, 0.3) is 0 Å². The van der Waals surface area contributed by atoms with Gasteiger partial charge in [-0.3, -0.25) is 4.98 Å². The number of nitrogens with zero attached hydrogens (tertiary/aromatic N) is 1. The van der Waals surface area contributed by atoms with E-state index in [1.165, 1.54) is 0 Å². The Morgan fingerprint density at radius 3 is 3.06 bits per heavy atom. The van der Waals surface area contributed by atoms with Crippen molar-refractivity contribution < 1.29 is 4.74 Å². The molecule has 0 bridgehead atoms. The highest BCUT2D eigenvalue weighted by Gasteiger charge is 2.18. The van der Waals surface area contributed by atoms with Crippen molar-refractivity contribution >= 4 is 50.8 Å². The summed E-state index contributed by atoms with van der Waals surface area (Å²) in [7, 11) is 0. The normalized spacial score (nSPS) is 14.9. The molecule has 3 rings (SSSR count). The molecule has 1 aliphatic rings. The molecule has 17 heavy (non-hydrogen) atoms. The van der Waals surface area contributed by atoms with E-state index in [9.17, 15) is 0 Å². The first-order valence-electron chi connectivity index (χ1n) is 5.30. The Hall–Kier alpha value is -0.590. The number of anilines is 1. The zero-order chi connectivity index (χ0) is 12.0. The van der Waals surface area contributed by atoms with Gasteiger partial charge >= 0.3 is 0 Å². The van der Waals surface area contributed by atoms with Crippen LogP contribution in [0.25, 0.3) is 10.9 Å². The lowest BCUT2D eigenvalue weighted by atomic mass is 10.0. The van der Waals surface area contributed by atoms with Crippen LogP contribution in [0.3, 0.4) is 0 Å². The zero-order valence-corrected chi connectivity index (χ0v) is 11.9. The van der Waals surface area contributed by atoms with Crippen molar-refractivity contribution in [1.29, 1.82) is 0 Å². The second-order valence-electron chi connectivity index (χ2n) is 4.04. The minimum atomic E-state index is 0.549. The molecule has 0 saturated carbocycles. The van der Waals surface area contributed by atoms with Crippen molar-refractivity contribution in [2.75, 3.05) is 12.3 Å². The fourth-order valence-corrected chi connectivity index (χ4v) is 3.27. The Balaban J connectivity index is 2.40. The Bertz CT molecular complexity index is 615. The van der Waals surface area contributed by atoms with Crippen molar-refractivity contribution in [1.82, 2.24) is 4.98 Å². The summed E-state index contributed by atoms with van der Waals surface area (Å²) >= 11 is 8.30. The van der Waals surface area contributed by atoms with Crippen LogP contribution in [-0.2, 0) is 17.8 Å². The van der Waals surface area contributed by atoms with E-state index in [1.807, 2.05) is 12.1 Å². The van der Waals surface area contributed by atoms with Gasteiger partial charge in [-0.05, 0) is 34.7 Å². The number of pyridine rings is 1. The summed E-state index contributed by atoms with van der Waals surface area (Å²) in [5.74, 6) is 0. The molecular weight excluding hydrogens is 351 g/mol. The summed E-state index contributed by atoms with van der Waals surface area (Å²) in [5.41, 5.74) is 9.96. The topological polar surface area (TPSA) is 48.1 Å². The predicted molar refractivity (Wildman–Crippen MR) is 77.2 cm³/mol. The quantitative estimate of drug-likeness (QED) is 0.734. The van der Waals surface area contributed by atoms with Crippen LogP contribution in [0.1, 0.15) is 11.3 Å². The van der Waals surface area contributed by atoms with Gasteiger partial charge in [0.1, 0.15) is 0 Å². The molecule has 0 aliphatic carbocycles. The number of ether oxygens (including phenoxy) is 1. The van der Waals surface area contributed by atoms with Crippen molar-refractivity contribution in [2.45, 2.75) is 13.0 Å². The highest BCUT2D eigenvalue weighted by atomic mass is 127. The van der Waals surface area contributed by atoms with Crippen LogP contribution >= 0.6 is 34.2 Å². The number of nitrogen functional groups attached to an aromatic ring is 1. The van der Waals surface area contributed by atoms with Gasteiger partial charge < -0.3 is 10.5 Å². The third kappa shape index (κ3) is 1.88. The molecule has 2 N–H and O–H groups in total. The summed E-state index contributed by atoms with van der Waals surface area (Å²) in [6.07, 6.45) is 0.828. The number of rotatable bonds is 0. The monoisotopic (exact) mass is 360 g/mol. The molecule has 1 aliphatic heterocycles. The summed E-state index contributed by atoms with van der Waals surface area (Å²) in [6, 6.07) is 3.78. The maximum Gasteiger partial charge on any atom is 0.0860 e. The molecule has 88 valence electrons. The molecular formula is C12H10ClIN2O. The molecule has 1 aromatic heterocycles. The standard InChI is InChI=1S/C12H10ClIN2O/c13-6-3-7-11(15)8-5-17-2-1-10(8)16-12(7)9(14)4-6/h3-4H,1-2,5H2,(H2,15,16). The van der Waals surface area contributed by atoms with E-state index in [2.05, 4.69) is 22.6 Å². The van der Waals surface area contributed by atoms with E-state index in [0.717, 1.165) is 44.4 Å². The zero-order valence-electron chi connectivity index (χ0n) is 8.96. The van der Waals surface area contributed by atoms with E-state index >= 15 is 0 Å². The lowest BCUT2D eigenvalue weighted by Crippen LogP contribution is -2.14. The highest BCUT2D eigenvalue weighted by Crippen LogP contribution is 2.33. The number of hydrogen-bond donors (Lipinski definition) is 1. The fraction of sp³-hybridized carbons (Fsp3) is 0.250. The van der Waals surface area contributed by atoms with Crippen LogP contribution in [-0.4, -0.2) is 11.6 Å². The number of aromatic nitrogens is 1. The number of fused-ring (bicyclic) bond motifs is 2. The van der Waals surface area contributed by atoms with Crippen molar-refractivity contribution in [3.8, 4) is 0 Å². The lowest BCUT2D eigenvalue weighted by Gasteiger charge is -2.19. The van der Waals surface area contributed by atoms with Crippen LogP contribution < -0.4 is 5.73 Å². The number of benzene rings is 1. The summed E-state index contributed by atoms with van der Waals surface area (Å²) in [4.78, 5) is 4.69. The van der Waals surface area contributed by atoms with Gasteiger partial charge in [-0.25, -0.2) is 0 Å². The van der Waals surface area contributed by atoms with E-state index in [4.69, 9.17) is 27.1 Å². The Labute approximate surface area is 117 Å². The van der Waals surface area contributed by atoms with Crippen LogP contribution in [0.2, 0.25) is 5.02 Å². The van der Waals surface area contributed by atoms with Gasteiger partial charge in [-0.15, -0.1) is 0 Å². The fourth-order valence-electron chi connectivity index (χ4n) is 2.12. The molecule has 0 spiro atoms. The number of hydrogen-bond acceptors (Lipinski definition) is 3. The third-order valence-corrected chi connectivity index (χ3v) is 4.01. The first kappa shape index (κ1) is 11.5. The molecule has 3 nitrogen and oxygen atoms in total. The summed E-state index contributed by atoms with van der Waals surface area (Å²) in [6.45, 7) is 1.27. The first-order valence-corrected chi connectivity index (χ1v) is 6.76. The third-order valence-electron chi connectivity index (χ3n) is 2.97. The molecule has 2 aromatic rings. The second kappa shape index (κ2) is 4.26. The van der Waals surface area contributed by atoms with Crippen molar-refractivity contribution in [3.05, 3.63) is 32.0 Å². The van der Waals surface area contributed by atoms with E-state index in [-0.39, 0.29) is 0 Å². The lowest BCUT2D eigenvalue weighted by molar-refractivity contribution is 0.110. The Morgan fingerprint density at radius 2 is 2.24 bits per heavy atom. The summed E-state index contributed by atoms with van der Waals surface area (Å²) < 4.78 is 6.46.